The van der Waals surface area contributed by atoms with Crippen molar-refractivity contribution in [2.75, 3.05) is 10.6 Å². The molecule has 2 aromatic carbocycles. The van der Waals surface area contributed by atoms with Crippen LogP contribution in [0.2, 0.25) is 0 Å². The molecule has 0 saturated carbocycles. The van der Waals surface area contributed by atoms with Crippen molar-refractivity contribution in [3.8, 4) is 11.4 Å². The van der Waals surface area contributed by atoms with Crippen LogP contribution in [0.5, 0.6) is 0 Å². The SMILES string of the molecule is C[C@H](C(N)=O)N(c1ccc(F)cc1)c1nc(N)c(C(=O)c2nc(-c3cccc(F)c3)no2)s1. The summed E-state index contributed by atoms with van der Waals surface area (Å²) in [6.07, 6.45) is 0. The maximum absolute atomic E-state index is 13.5. The van der Waals surface area contributed by atoms with Crippen LogP contribution in [0.25, 0.3) is 11.4 Å². The van der Waals surface area contributed by atoms with Gasteiger partial charge in [0.25, 0.3) is 11.7 Å². The molecule has 0 aliphatic heterocycles. The highest BCUT2D eigenvalue weighted by Gasteiger charge is 2.29. The molecule has 33 heavy (non-hydrogen) atoms. The molecule has 0 bridgehead atoms. The number of amides is 1. The molecule has 0 radical (unpaired) electrons. The van der Waals surface area contributed by atoms with Crippen LogP contribution in [-0.4, -0.2) is 32.9 Å². The van der Waals surface area contributed by atoms with E-state index in [-0.39, 0.29) is 27.5 Å². The predicted molar refractivity (Wildman–Crippen MR) is 117 cm³/mol. The van der Waals surface area contributed by atoms with Crippen LogP contribution in [-0.2, 0) is 4.79 Å². The molecule has 0 saturated heterocycles. The second-order valence-electron chi connectivity index (χ2n) is 6.90. The van der Waals surface area contributed by atoms with Crippen molar-refractivity contribution in [3.63, 3.8) is 0 Å². The highest BCUT2D eigenvalue weighted by molar-refractivity contribution is 7.18. The van der Waals surface area contributed by atoms with Gasteiger partial charge in [-0.2, -0.15) is 4.98 Å². The van der Waals surface area contributed by atoms with Crippen molar-refractivity contribution >= 4 is 39.7 Å². The molecule has 0 aliphatic carbocycles. The number of anilines is 3. The average Bonchev–Trinajstić information content (AvgIpc) is 3.42. The quantitative estimate of drug-likeness (QED) is 0.392. The van der Waals surface area contributed by atoms with E-state index in [9.17, 15) is 18.4 Å². The highest BCUT2D eigenvalue weighted by Crippen LogP contribution is 2.36. The van der Waals surface area contributed by atoms with Gasteiger partial charge in [-0.05, 0) is 43.3 Å². The topological polar surface area (TPSA) is 141 Å². The van der Waals surface area contributed by atoms with Crippen LogP contribution in [0.3, 0.4) is 0 Å². The standard InChI is InChI=1S/C21H16F2N6O3S/c1-10(18(25)31)29(14-7-5-12(22)6-8-14)21-26-17(24)16(33-21)15(30)20-27-19(28-32-20)11-3-2-4-13(23)9-11/h2-10H,24H2,1H3,(H2,25,31)/t10-/m1/s1. The largest absolute Gasteiger partial charge is 0.382 e. The van der Waals surface area contributed by atoms with Gasteiger partial charge in [0.2, 0.25) is 11.7 Å². The molecule has 168 valence electrons. The van der Waals surface area contributed by atoms with Gasteiger partial charge in [0.05, 0.1) is 0 Å². The molecule has 4 rings (SSSR count). The monoisotopic (exact) mass is 470 g/mol. The lowest BCUT2D eigenvalue weighted by Crippen LogP contribution is -2.39. The smallest absolute Gasteiger partial charge is 0.300 e. The lowest BCUT2D eigenvalue weighted by Gasteiger charge is -2.26. The van der Waals surface area contributed by atoms with Gasteiger partial charge in [-0.3, -0.25) is 9.59 Å². The predicted octanol–water partition coefficient (Wildman–Crippen LogP) is 3.30. The van der Waals surface area contributed by atoms with Crippen molar-refractivity contribution in [3.05, 3.63) is 70.9 Å². The van der Waals surface area contributed by atoms with Crippen molar-refractivity contribution in [1.29, 1.82) is 0 Å². The van der Waals surface area contributed by atoms with E-state index in [0.29, 0.717) is 11.3 Å². The number of thiazole rings is 1. The molecule has 12 heteroatoms. The van der Waals surface area contributed by atoms with Gasteiger partial charge < -0.3 is 20.9 Å². The summed E-state index contributed by atoms with van der Waals surface area (Å²) in [4.78, 5) is 34.5. The fraction of sp³-hybridized carbons (Fsp3) is 0.0952. The van der Waals surface area contributed by atoms with Gasteiger partial charge in [-0.1, -0.05) is 28.6 Å². The van der Waals surface area contributed by atoms with Crippen molar-refractivity contribution in [2.24, 2.45) is 5.73 Å². The number of hydrogen-bond acceptors (Lipinski definition) is 9. The van der Waals surface area contributed by atoms with Gasteiger partial charge in [-0.15, -0.1) is 0 Å². The normalized spacial score (nSPS) is 11.8. The molecule has 4 N–H and O–H groups in total. The number of carbonyl (C=O) groups is 2. The fourth-order valence-electron chi connectivity index (χ4n) is 2.97. The summed E-state index contributed by atoms with van der Waals surface area (Å²) in [5.41, 5.74) is 12.2. The molecular weight excluding hydrogens is 454 g/mol. The minimum Gasteiger partial charge on any atom is -0.382 e. The highest BCUT2D eigenvalue weighted by atomic mass is 32.1. The first-order valence-corrected chi connectivity index (χ1v) is 10.3. The summed E-state index contributed by atoms with van der Waals surface area (Å²) in [5, 5.41) is 3.89. The Labute approximate surface area is 189 Å². The van der Waals surface area contributed by atoms with E-state index in [2.05, 4.69) is 15.1 Å². The fourth-order valence-corrected chi connectivity index (χ4v) is 3.99. The number of hydrogen-bond donors (Lipinski definition) is 2. The summed E-state index contributed by atoms with van der Waals surface area (Å²) in [6.45, 7) is 1.54. The van der Waals surface area contributed by atoms with Crippen molar-refractivity contribution in [2.45, 2.75) is 13.0 Å². The molecule has 9 nitrogen and oxygen atoms in total. The Morgan fingerprint density at radius 1 is 1.09 bits per heavy atom. The maximum atomic E-state index is 13.5. The Balaban J connectivity index is 1.69. The molecule has 0 fully saturated rings. The number of ketones is 1. The van der Waals surface area contributed by atoms with E-state index in [4.69, 9.17) is 16.0 Å². The summed E-state index contributed by atoms with van der Waals surface area (Å²) < 4.78 is 31.9. The van der Waals surface area contributed by atoms with Crippen molar-refractivity contribution < 1.29 is 22.9 Å². The van der Waals surface area contributed by atoms with Crippen LogP contribution in [0.1, 0.15) is 22.5 Å². The molecular formula is C21H16F2N6O3S. The zero-order chi connectivity index (χ0) is 23.7. The van der Waals surface area contributed by atoms with E-state index in [1.807, 2.05) is 0 Å². The van der Waals surface area contributed by atoms with Crippen LogP contribution < -0.4 is 16.4 Å². The summed E-state index contributed by atoms with van der Waals surface area (Å²) >= 11 is 0.874. The Bertz CT molecular complexity index is 1340. The Morgan fingerprint density at radius 3 is 2.48 bits per heavy atom. The van der Waals surface area contributed by atoms with E-state index >= 15 is 0 Å². The van der Waals surface area contributed by atoms with Gasteiger partial charge in [-0.25, -0.2) is 13.8 Å². The molecule has 1 atom stereocenters. The summed E-state index contributed by atoms with van der Waals surface area (Å²) in [5.74, 6) is -2.80. The Hall–Kier alpha value is -4.19. The van der Waals surface area contributed by atoms with E-state index in [0.717, 1.165) is 11.3 Å². The summed E-state index contributed by atoms with van der Waals surface area (Å²) in [7, 11) is 0. The number of aromatic nitrogens is 3. The van der Waals surface area contributed by atoms with E-state index < -0.39 is 29.4 Å². The molecule has 0 unspecified atom stereocenters. The number of primary amides is 1. The Kier molecular flexibility index (Phi) is 5.84. The number of benzene rings is 2. The number of nitrogens with zero attached hydrogens (tertiary/aromatic N) is 4. The molecule has 1 amide bonds. The Morgan fingerprint density at radius 2 is 1.82 bits per heavy atom. The molecule has 2 aromatic heterocycles. The van der Waals surface area contributed by atoms with E-state index in [1.165, 1.54) is 54.3 Å². The third-order valence-corrected chi connectivity index (χ3v) is 5.73. The minimum absolute atomic E-state index is 0.0109. The van der Waals surface area contributed by atoms with Gasteiger partial charge >= 0.3 is 0 Å². The van der Waals surface area contributed by atoms with Gasteiger partial charge in [0, 0.05) is 11.3 Å². The number of halogens is 2. The minimum atomic E-state index is -0.882. The first-order chi connectivity index (χ1) is 15.7. The average molecular weight is 470 g/mol. The zero-order valence-corrected chi connectivity index (χ0v) is 17.8. The van der Waals surface area contributed by atoms with Crippen molar-refractivity contribution in [1.82, 2.24) is 15.1 Å². The third-order valence-electron chi connectivity index (χ3n) is 4.66. The van der Waals surface area contributed by atoms with Crippen LogP contribution in [0.15, 0.2) is 53.1 Å². The molecule has 2 heterocycles. The van der Waals surface area contributed by atoms with Gasteiger partial charge in [0.1, 0.15) is 28.4 Å². The van der Waals surface area contributed by atoms with Crippen LogP contribution in [0.4, 0.5) is 25.4 Å². The van der Waals surface area contributed by atoms with E-state index in [1.54, 1.807) is 6.07 Å². The second kappa shape index (κ2) is 8.74. The second-order valence-corrected chi connectivity index (χ2v) is 7.88. The number of nitrogens with two attached hydrogens (primary N) is 2. The molecule has 4 aromatic rings. The number of nitrogen functional groups attached to an aromatic ring is 1. The van der Waals surface area contributed by atoms with Crippen LogP contribution >= 0.6 is 11.3 Å². The third kappa shape index (κ3) is 4.41. The van der Waals surface area contributed by atoms with Gasteiger partial charge in [0.15, 0.2) is 5.13 Å². The molecule has 0 aliphatic rings. The summed E-state index contributed by atoms with van der Waals surface area (Å²) in [6, 6.07) is 9.92. The van der Waals surface area contributed by atoms with Crippen LogP contribution in [0, 0.1) is 11.6 Å². The number of carbonyl (C=O) groups excluding carboxylic acids is 2. The lowest BCUT2D eigenvalue weighted by molar-refractivity contribution is -0.118. The number of rotatable bonds is 7. The molecule has 0 spiro atoms. The first-order valence-electron chi connectivity index (χ1n) is 9.49. The maximum Gasteiger partial charge on any atom is 0.300 e. The first kappa shape index (κ1) is 22.0. The zero-order valence-electron chi connectivity index (χ0n) is 17.0. The lowest BCUT2D eigenvalue weighted by atomic mass is 10.2.